The van der Waals surface area contributed by atoms with E-state index in [1.54, 1.807) is 0 Å². The van der Waals surface area contributed by atoms with Gasteiger partial charge >= 0.3 is 0 Å². The van der Waals surface area contributed by atoms with Gasteiger partial charge in [0.05, 0.1) is 11.5 Å². The molecule has 43 heavy (non-hydrogen) atoms. The Hall–Kier alpha value is -1.20. The van der Waals surface area contributed by atoms with Crippen molar-refractivity contribution in [3.8, 4) is 0 Å². The normalized spacial score (nSPS) is 47.9. The van der Waals surface area contributed by atoms with Gasteiger partial charge in [0.1, 0.15) is 0 Å². The molecule has 0 aromatic rings. The second kappa shape index (κ2) is 9.90. The summed E-state index contributed by atoms with van der Waals surface area (Å²) in [6.07, 6.45) is 12.4. The lowest BCUT2D eigenvalue weighted by Crippen LogP contribution is -2.66. The molecule has 2 aliphatic heterocycles. The van der Waals surface area contributed by atoms with Crippen molar-refractivity contribution < 1.29 is 14.7 Å². The van der Waals surface area contributed by atoms with E-state index < -0.39 is 5.41 Å². The SMILES string of the molecule is CC(C)C1=C2[C@H]3CC[C@@H]4[C@@]5(C)CC[C@H](O)C(C)(C)[C@@H]5CC[C@@]4(C)[C@]3(C)CC[C@@]2(C(=O)N2CC[C@@H](N3CCCC3)C2)CC1=O. The number of ketones is 1. The highest BCUT2D eigenvalue weighted by Gasteiger charge is 2.71. The average Bonchev–Trinajstić information content (AvgIpc) is 3.70. The van der Waals surface area contributed by atoms with Crippen LogP contribution in [-0.4, -0.2) is 64.9 Å². The van der Waals surface area contributed by atoms with Gasteiger partial charge < -0.3 is 10.0 Å². The van der Waals surface area contributed by atoms with Crippen molar-refractivity contribution >= 4 is 11.7 Å². The molecule has 7 aliphatic rings. The van der Waals surface area contributed by atoms with E-state index in [2.05, 4.69) is 58.3 Å². The summed E-state index contributed by atoms with van der Waals surface area (Å²) in [5, 5.41) is 11.1. The number of aliphatic hydroxyl groups excluding tert-OH is 1. The number of hydrogen-bond acceptors (Lipinski definition) is 4. The Bertz CT molecular complexity index is 1220. The predicted octanol–water partition coefficient (Wildman–Crippen LogP) is 7.02. The van der Waals surface area contributed by atoms with Crippen LogP contribution in [0.5, 0.6) is 0 Å². The lowest BCUT2D eigenvalue weighted by atomic mass is 9.33. The highest BCUT2D eigenvalue weighted by Crippen LogP contribution is 2.76. The summed E-state index contributed by atoms with van der Waals surface area (Å²) in [6.45, 7) is 20.9. The minimum Gasteiger partial charge on any atom is -0.393 e. The van der Waals surface area contributed by atoms with Crippen LogP contribution in [0.1, 0.15) is 126 Å². The van der Waals surface area contributed by atoms with Crippen molar-refractivity contribution in [3.63, 3.8) is 0 Å². The molecule has 0 unspecified atom stereocenters. The van der Waals surface area contributed by atoms with E-state index in [0.29, 0.717) is 36.1 Å². The van der Waals surface area contributed by atoms with Crippen molar-refractivity contribution in [1.82, 2.24) is 9.80 Å². The third-order valence-corrected chi connectivity index (χ3v) is 15.9. The van der Waals surface area contributed by atoms with Crippen molar-refractivity contribution in [1.29, 1.82) is 0 Å². The van der Waals surface area contributed by atoms with Crippen LogP contribution in [0.3, 0.4) is 0 Å². The van der Waals surface area contributed by atoms with Crippen LogP contribution >= 0.6 is 0 Å². The molecule has 5 nitrogen and oxygen atoms in total. The first kappa shape index (κ1) is 30.5. The van der Waals surface area contributed by atoms with Crippen LogP contribution in [0.15, 0.2) is 11.1 Å². The monoisotopic (exact) mass is 592 g/mol. The molecular formula is C38H60N2O3. The van der Waals surface area contributed by atoms with Gasteiger partial charge in [0.25, 0.3) is 0 Å². The lowest BCUT2D eigenvalue weighted by Gasteiger charge is -2.72. The van der Waals surface area contributed by atoms with Gasteiger partial charge in [0, 0.05) is 25.6 Å². The average molecular weight is 593 g/mol. The molecule has 4 saturated carbocycles. The standard InChI is InChI=1S/C38H60N2O3/c1-24(2)31-27(41)22-38(33(43)40-21-14-25(23-40)39-19-8-9-20-39)18-17-36(6)26(32(31)38)10-11-29-35(5)15-13-30(42)34(3,4)28(35)12-16-37(29,36)7/h24-26,28-30,42H,8-23H2,1-7H3/t25-,26-,28+,29-,30+,35+,36-,37-,38-/m1/s1. The molecule has 1 N–H and O–H groups in total. The van der Waals surface area contributed by atoms with Crippen LogP contribution in [0, 0.1) is 50.7 Å². The molecule has 5 aliphatic carbocycles. The molecule has 0 bridgehead atoms. The van der Waals surface area contributed by atoms with Gasteiger partial charge in [-0.25, -0.2) is 0 Å². The molecule has 0 aromatic heterocycles. The molecule has 0 radical (unpaired) electrons. The molecular weight excluding hydrogens is 532 g/mol. The molecule has 5 heteroatoms. The van der Waals surface area contributed by atoms with Gasteiger partial charge in [0.2, 0.25) is 5.91 Å². The zero-order valence-corrected chi connectivity index (χ0v) is 28.4. The number of Topliss-reactive ketones (excluding diaryl/α,β-unsaturated/α-hetero) is 1. The van der Waals surface area contributed by atoms with Crippen LogP contribution in [0.4, 0.5) is 0 Å². The largest absolute Gasteiger partial charge is 0.393 e. The highest BCUT2D eigenvalue weighted by atomic mass is 16.3. The number of nitrogens with zero attached hydrogens (tertiary/aromatic N) is 2. The number of aliphatic hydroxyl groups is 1. The Morgan fingerprint density at radius 2 is 1.56 bits per heavy atom. The first-order chi connectivity index (χ1) is 20.2. The topological polar surface area (TPSA) is 60.9 Å². The molecule has 6 fully saturated rings. The zero-order valence-electron chi connectivity index (χ0n) is 28.4. The third-order valence-electron chi connectivity index (χ3n) is 15.9. The first-order valence-electron chi connectivity index (χ1n) is 18.2. The Labute approximate surface area is 261 Å². The van der Waals surface area contributed by atoms with Gasteiger partial charge in [-0.05, 0) is 140 Å². The Balaban J connectivity index is 1.25. The maximum absolute atomic E-state index is 14.9. The summed E-state index contributed by atoms with van der Waals surface area (Å²) >= 11 is 0. The first-order valence-corrected chi connectivity index (χ1v) is 18.2. The second-order valence-electron chi connectivity index (χ2n) is 18.1. The van der Waals surface area contributed by atoms with E-state index in [4.69, 9.17) is 0 Å². The van der Waals surface area contributed by atoms with E-state index in [1.807, 2.05) is 0 Å². The molecule has 7 rings (SSSR count). The molecule has 1 amide bonds. The number of hydrogen-bond donors (Lipinski definition) is 1. The van der Waals surface area contributed by atoms with Crippen LogP contribution in [0.25, 0.3) is 0 Å². The Morgan fingerprint density at radius 1 is 0.837 bits per heavy atom. The maximum atomic E-state index is 14.9. The summed E-state index contributed by atoms with van der Waals surface area (Å²) in [7, 11) is 0. The number of carbonyl (C=O) groups is 2. The number of amides is 1. The summed E-state index contributed by atoms with van der Waals surface area (Å²) in [4.78, 5) is 33.7. The van der Waals surface area contributed by atoms with Gasteiger partial charge in [0.15, 0.2) is 5.78 Å². The molecule has 0 spiro atoms. The minimum absolute atomic E-state index is 0.0475. The second-order valence-corrected chi connectivity index (χ2v) is 18.1. The summed E-state index contributed by atoms with van der Waals surface area (Å²) in [6, 6.07) is 0.495. The van der Waals surface area contributed by atoms with E-state index >= 15 is 0 Å². The molecule has 2 heterocycles. The maximum Gasteiger partial charge on any atom is 0.233 e. The van der Waals surface area contributed by atoms with Gasteiger partial charge in [-0.1, -0.05) is 48.5 Å². The summed E-state index contributed by atoms with van der Waals surface area (Å²) in [5.41, 5.74) is 2.16. The van der Waals surface area contributed by atoms with Crippen molar-refractivity contribution in [2.24, 2.45) is 50.7 Å². The molecule has 0 aromatic carbocycles. The fourth-order valence-corrected chi connectivity index (χ4v) is 13.5. The number of carbonyl (C=O) groups excluding carboxylic acids is 2. The van der Waals surface area contributed by atoms with E-state index in [1.165, 1.54) is 50.8 Å². The molecule has 2 saturated heterocycles. The number of allylic oxidation sites excluding steroid dienone is 1. The van der Waals surface area contributed by atoms with E-state index in [-0.39, 0.29) is 39.5 Å². The Morgan fingerprint density at radius 3 is 2.26 bits per heavy atom. The quantitative estimate of drug-likeness (QED) is 0.382. The number of fused-ring (bicyclic) bond motifs is 7. The molecule has 240 valence electrons. The van der Waals surface area contributed by atoms with Crippen molar-refractivity contribution in [3.05, 3.63) is 11.1 Å². The lowest BCUT2D eigenvalue weighted by molar-refractivity contribution is -0.228. The highest BCUT2D eigenvalue weighted by molar-refractivity contribution is 6.07. The van der Waals surface area contributed by atoms with Crippen molar-refractivity contribution in [2.75, 3.05) is 26.2 Å². The van der Waals surface area contributed by atoms with Crippen LogP contribution < -0.4 is 0 Å². The zero-order chi connectivity index (χ0) is 30.7. The summed E-state index contributed by atoms with van der Waals surface area (Å²) in [5.74, 6) is 2.20. The minimum atomic E-state index is -0.609. The van der Waals surface area contributed by atoms with Crippen LogP contribution in [-0.2, 0) is 9.59 Å². The smallest absolute Gasteiger partial charge is 0.233 e. The molecule has 9 atom stereocenters. The van der Waals surface area contributed by atoms with Gasteiger partial charge in [-0.2, -0.15) is 0 Å². The third kappa shape index (κ3) is 3.94. The number of rotatable bonds is 3. The van der Waals surface area contributed by atoms with E-state index in [9.17, 15) is 14.7 Å². The van der Waals surface area contributed by atoms with Gasteiger partial charge in [-0.3, -0.25) is 14.5 Å². The Kier molecular flexibility index (Phi) is 7.01. The predicted molar refractivity (Wildman–Crippen MR) is 171 cm³/mol. The number of likely N-dealkylation sites (tertiary alicyclic amines) is 2. The van der Waals surface area contributed by atoms with E-state index in [0.717, 1.165) is 57.2 Å². The van der Waals surface area contributed by atoms with Crippen LogP contribution in [0.2, 0.25) is 0 Å². The fourth-order valence-electron chi connectivity index (χ4n) is 13.5. The van der Waals surface area contributed by atoms with Gasteiger partial charge in [-0.15, -0.1) is 0 Å². The summed E-state index contributed by atoms with van der Waals surface area (Å²) < 4.78 is 0. The van der Waals surface area contributed by atoms with Crippen molar-refractivity contribution in [2.45, 2.75) is 138 Å². The fraction of sp³-hybridized carbons (Fsp3) is 0.895.